The first-order chi connectivity index (χ1) is 13.4. The van der Waals surface area contributed by atoms with Crippen molar-refractivity contribution in [1.29, 1.82) is 0 Å². The smallest absolute Gasteiger partial charge is 0.245 e. The van der Waals surface area contributed by atoms with Gasteiger partial charge < -0.3 is 0 Å². The van der Waals surface area contributed by atoms with E-state index >= 15 is 0 Å². The van der Waals surface area contributed by atoms with E-state index in [1.807, 2.05) is 23.1 Å². The summed E-state index contributed by atoms with van der Waals surface area (Å²) >= 11 is 1.60. The third kappa shape index (κ3) is 3.07. The molecule has 4 heterocycles. The van der Waals surface area contributed by atoms with Gasteiger partial charge in [0.15, 0.2) is 5.65 Å². The molecule has 1 saturated carbocycles. The Labute approximate surface area is 165 Å². The average Bonchev–Trinajstić information content (AvgIpc) is 3.22. The van der Waals surface area contributed by atoms with Crippen LogP contribution in [0.3, 0.4) is 0 Å². The van der Waals surface area contributed by atoms with Crippen LogP contribution in [0.2, 0.25) is 0 Å². The lowest BCUT2D eigenvalue weighted by Gasteiger charge is -2.34. The summed E-state index contributed by atoms with van der Waals surface area (Å²) in [6, 6.07) is 8.45. The second-order valence-electron chi connectivity index (χ2n) is 7.96. The molecule has 7 heteroatoms. The minimum atomic E-state index is -2.46. The number of hydrogen-bond donors (Lipinski definition) is 0. The van der Waals surface area contributed by atoms with Gasteiger partial charge in [-0.3, -0.25) is 0 Å². The Kier molecular flexibility index (Phi) is 3.98. The maximum Gasteiger partial charge on any atom is 0.248 e. The van der Waals surface area contributed by atoms with Gasteiger partial charge in [0, 0.05) is 46.3 Å². The second-order valence-corrected chi connectivity index (χ2v) is 9.07. The molecule has 0 N–H and O–H groups in total. The molecule has 144 valence electrons. The molecule has 4 aromatic rings. The Bertz CT molecular complexity index is 1170. The summed E-state index contributed by atoms with van der Waals surface area (Å²) < 4.78 is 28.1. The molecule has 0 unspecified atom stereocenters. The van der Waals surface area contributed by atoms with Crippen LogP contribution in [-0.4, -0.2) is 25.7 Å². The highest BCUT2D eigenvalue weighted by atomic mass is 32.1. The highest BCUT2D eigenvalue weighted by Crippen LogP contribution is 2.44. The minimum Gasteiger partial charge on any atom is -0.245 e. The molecule has 0 amide bonds. The largest absolute Gasteiger partial charge is 0.248 e. The highest BCUT2D eigenvalue weighted by Gasteiger charge is 2.45. The van der Waals surface area contributed by atoms with E-state index in [1.165, 1.54) is 0 Å². The van der Waals surface area contributed by atoms with Crippen LogP contribution in [0.15, 0.2) is 36.7 Å². The number of fused-ring (bicyclic) bond motifs is 2. The average molecular weight is 398 g/mol. The first-order valence-corrected chi connectivity index (χ1v) is 10.3. The first kappa shape index (κ1) is 17.7. The predicted molar refractivity (Wildman–Crippen MR) is 108 cm³/mol. The summed E-state index contributed by atoms with van der Waals surface area (Å²) in [6.45, 7) is 4.16. The van der Waals surface area contributed by atoms with Crippen LogP contribution in [0.1, 0.15) is 37.6 Å². The summed E-state index contributed by atoms with van der Waals surface area (Å²) in [5.41, 5.74) is 2.68. The Morgan fingerprint density at radius 3 is 2.75 bits per heavy atom. The molecule has 0 spiro atoms. The molecule has 5 rings (SSSR count). The maximum absolute atomic E-state index is 13.1. The van der Waals surface area contributed by atoms with Crippen molar-refractivity contribution in [1.82, 2.24) is 19.7 Å². The van der Waals surface area contributed by atoms with Crippen molar-refractivity contribution in [2.24, 2.45) is 5.92 Å². The molecule has 1 fully saturated rings. The minimum absolute atomic E-state index is 0.00959. The van der Waals surface area contributed by atoms with Gasteiger partial charge in [-0.05, 0) is 50.5 Å². The van der Waals surface area contributed by atoms with E-state index in [2.05, 4.69) is 42.1 Å². The van der Waals surface area contributed by atoms with Gasteiger partial charge in [-0.2, -0.15) is 5.10 Å². The zero-order chi connectivity index (χ0) is 19.5. The van der Waals surface area contributed by atoms with Gasteiger partial charge in [0.2, 0.25) is 5.92 Å². The van der Waals surface area contributed by atoms with E-state index in [1.54, 1.807) is 11.3 Å². The van der Waals surface area contributed by atoms with E-state index in [4.69, 9.17) is 4.98 Å². The molecule has 4 aromatic heterocycles. The molecule has 0 aromatic carbocycles. The monoisotopic (exact) mass is 398 g/mol. The number of aromatic nitrogens is 4. The molecule has 0 aliphatic heterocycles. The molecule has 28 heavy (non-hydrogen) atoms. The van der Waals surface area contributed by atoms with Crippen molar-refractivity contribution in [3.05, 3.63) is 41.5 Å². The Morgan fingerprint density at radius 2 is 2.00 bits per heavy atom. The quantitative estimate of drug-likeness (QED) is 0.431. The summed E-state index contributed by atoms with van der Waals surface area (Å²) in [6.07, 6.45) is 4.41. The summed E-state index contributed by atoms with van der Waals surface area (Å²) in [5, 5.41) is 6.47. The summed E-state index contributed by atoms with van der Waals surface area (Å²) in [4.78, 5) is 11.5. The standard InChI is InChI=1S/C21H20F2N4S/c1-12(2)27-19-16(11-25-27)6-15(10-24-19)18-4-3-14-7-17(28-20(14)26-18)5-13-8-21(22,23)9-13/h3-4,6-7,10-13H,5,8-9H2,1-2H3. The Balaban J connectivity index is 1.44. The van der Waals surface area contributed by atoms with Crippen LogP contribution >= 0.6 is 11.3 Å². The van der Waals surface area contributed by atoms with Gasteiger partial charge in [0.1, 0.15) is 4.83 Å². The van der Waals surface area contributed by atoms with Crippen LogP contribution < -0.4 is 0 Å². The van der Waals surface area contributed by atoms with Crippen molar-refractivity contribution in [3.63, 3.8) is 0 Å². The van der Waals surface area contributed by atoms with Crippen LogP contribution in [0, 0.1) is 5.92 Å². The fourth-order valence-corrected chi connectivity index (χ4v) is 5.05. The van der Waals surface area contributed by atoms with E-state index < -0.39 is 5.92 Å². The Hall–Kier alpha value is -2.41. The van der Waals surface area contributed by atoms with Crippen LogP contribution in [0.25, 0.3) is 32.5 Å². The number of nitrogens with zero attached hydrogens (tertiary/aromatic N) is 4. The van der Waals surface area contributed by atoms with Crippen molar-refractivity contribution in [3.8, 4) is 11.3 Å². The molecular formula is C21H20F2N4S. The maximum atomic E-state index is 13.1. The molecule has 0 atom stereocenters. The van der Waals surface area contributed by atoms with Gasteiger partial charge in [-0.25, -0.2) is 23.4 Å². The lowest BCUT2D eigenvalue weighted by Crippen LogP contribution is -2.36. The van der Waals surface area contributed by atoms with Crippen molar-refractivity contribution < 1.29 is 8.78 Å². The predicted octanol–water partition coefficient (Wildman–Crippen LogP) is 5.88. The number of pyridine rings is 2. The van der Waals surface area contributed by atoms with Crippen LogP contribution in [-0.2, 0) is 6.42 Å². The normalized spacial score (nSPS) is 16.9. The summed E-state index contributed by atoms with van der Waals surface area (Å²) in [5.74, 6) is -2.37. The zero-order valence-corrected chi connectivity index (χ0v) is 16.5. The topological polar surface area (TPSA) is 43.6 Å². The SMILES string of the molecule is CC(C)n1ncc2cc(-c3ccc4cc(CC5CC(F)(F)C5)sc4n3)cnc21. The van der Waals surface area contributed by atoms with Crippen molar-refractivity contribution in [2.45, 2.75) is 45.1 Å². The molecule has 0 bridgehead atoms. The third-order valence-electron chi connectivity index (χ3n) is 5.32. The molecule has 1 aliphatic carbocycles. The molecular weight excluding hydrogens is 378 g/mol. The number of thiophene rings is 1. The number of halogens is 2. The van der Waals surface area contributed by atoms with E-state index in [0.717, 1.165) is 37.4 Å². The molecule has 0 saturated heterocycles. The van der Waals surface area contributed by atoms with Gasteiger partial charge in [0.25, 0.3) is 0 Å². The first-order valence-electron chi connectivity index (χ1n) is 9.49. The van der Waals surface area contributed by atoms with Crippen LogP contribution in [0.5, 0.6) is 0 Å². The van der Waals surface area contributed by atoms with Gasteiger partial charge >= 0.3 is 0 Å². The van der Waals surface area contributed by atoms with Crippen LogP contribution in [0.4, 0.5) is 8.78 Å². The zero-order valence-electron chi connectivity index (χ0n) is 15.7. The fourth-order valence-electron chi connectivity index (χ4n) is 3.90. The van der Waals surface area contributed by atoms with E-state index in [9.17, 15) is 8.78 Å². The lowest BCUT2D eigenvalue weighted by molar-refractivity contribution is -0.109. The van der Waals surface area contributed by atoms with Crippen molar-refractivity contribution in [2.75, 3.05) is 0 Å². The number of alkyl halides is 2. The fraction of sp³-hybridized carbons (Fsp3) is 0.381. The van der Waals surface area contributed by atoms with Gasteiger partial charge in [-0.1, -0.05) is 0 Å². The highest BCUT2D eigenvalue weighted by molar-refractivity contribution is 7.18. The number of hydrogen-bond acceptors (Lipinski definition) is 4. The van der Waals surface area contributed by atoms with Gasteiger partial charge in [0.05, 0.1) is 11.9 Å². The molecule has 0 radical (unpaired) electrons. The summed E-state index contributed by atoms with van der Waals surface area (Å²) in [7, 11) is 0. The second kappa shape index (κ2) is 6.30. The Morgan fingerprint density at radius 1 is 1.18 bits per heavy atom. The molecule has 4 nitrogen and oxygen atoms in total. The van der Waals surface area contributed by atoms with E-state index in [-0.39, 0.29) is 24.8 Å². The third-order valence-corrected chi connectivity index (χ3v) is 6.38. The number of rotatable bonds is 4. The molecule has 1 aliphatic rings. The lowest BCUT2D eigenvalue weighted by atomic mass is 9.79. The van der Waals surface area contributed by atoms with Gasteiger partial charge in [-0.15, -0.1) is 11.3 Å². The van der Waals surface area contributed by atoms with Crippen molar-refractivity contribution >= 4 is 32.6 Å². The van der Waals surface area contributed by atoms with E-state index in [0.29, 0.717) is 6.42 Å².